The molecule has 2 N–H and O–H groups in total. The van der Waals surface area contributed by atoms with Gasteiger partial charge >= 0.3 is 11.8 Å². The van der Waals surface area contributed by atoms with Crippen LogP contribution in [0, 0.1) is 0 Å². The fourth-order valence-electron chi connectivity index (χ4n) is 2.66. The highest BCUT2D eigenvalue weighted by Crippen LogP contribution is 2.36. The van der Waals surface area contributed by atoms with Crippen molar-refractivity contribution in [2.75, 3.05) is 46.9 Å². The Morgan fingerprint density at radius 2 is 1.96 bits per heavy atom. The second kappa shape index (κ2) is 8.42. The van der Waals surface area contributed by atoms with Crippen molar-refractivity contribution in [3.05, 3.63) is 22.4 Å². The lowest BCUT2D eigenvalue weighted by Crippen LogP contribution is -2.48. The van der Waals surface area contributed by atoms with Gasteiger partial charge in [-0.05, 0) is 38.4 Å². The fraction of sp³-hybridized carbons (Fsp3) is 0.625. The van der Waals surface area contributed by atoms with Crippen LogP contribution in [0.4, 0.5) is 0 Å². The van der Waals surface area contributed by atoms with E-state index in [2.05, 4.69) is 16.7 Å². The van der Waals surface area contributed by atoms with E-state index in [9.17, 15) is 9.59 Å². The molecule has 6 nitrogen and oxygen atoms in total. The number of likely N-dealkylation sites (N-methyl/N-ethyl adjacent to an activating group) is 1. The number of hydrogen-bond donors (Lipinski definition) is 2. The maximum atomic E-state index is 12.0. The van der Waals surface area contributed by atoms with Gasteiger partial charge in [0.2, 0.25) is 0 Å². The van der Waals surface area contributed by atoms with Gasteiger partial charge in [-0.1, -0.05) is 6.07 Å². The molecule has 0 atom stereocenters. The third-order valence-electron chi connectivity index (χ3n) is 4.13. The predicted octanol–water partition coefficient (Wildman–Crippen LogP) is 0.590. The normalized spacial score (nSPS) is 17.0. The molecule has 0 unspecified atom stereocenters. The molecule has 1 aromatic heterocycles. The first-order valence-electron chi connectivity index (χ1n) is 7.86. The molecule has 1 aromatic rings. The topological polar surface area (TPSA) is 70.7 Å². The van der Waals surface area contributed by atoms with Crippen LogP contribution in [-0.2, 0) is 19.7 Å². The lowest BCUT2D eigenvalue weighted by Gasteiger charge is -2.36. The second-order valence-corrected chi connectivity index (χ2v) is 7.06. The molecule has 2 amide bonds. The van der Waals surface area contributed by atoms with Gasteiger partial charge in [-0.3, -0.25) is 9.59 Å². The van der Waals surface area contributed by atoms with Crippen molar-refractivity contribution < 1.29 is 14.3 Å². The summed E-state index contributed by atoms with van der Waals surface area (Å²) in [6, 6.07) is 4.12. The number of nitrogens with one attached hydrogen (secondary N) is 2. The molecule has 0 aliphatic carbocycles. The summed E-state index contributed by atoms with van der Waals surface area (Å²) in [6.45, 7) is 3.00. The first kappa shape index (κ1) is 17.9. The zero-order chi connectivity index (χ0) is 16.7. The highest BCUT2D eigenvalue weighted by Gasteiger charge is 2.36. The number of ether oxygens (including phenoxy) is 1. The maximum Gasteiger partial charge on any atom is 0.309 e. The van der Waals surface area contributed by atoms with Gasteiger partial charge in [-0.25, -0.2) is 0 Å². The Balaban J connectivity index is 1.88. The molecular weight excluding hydrogens is 314 g/mol. The average molecular weight is 339 g/mol. The number of carbonyl (C=O) groups is 2. The summed E-state index contributed by atoms with van der Waals surface area (Å²) in [5, 5.41) is 7.48. The Morgan fingerprint density at radius 1 is 1.26 bits per heavy atom. The minimum absolute atomic E-state index is 0.119. The lowest BCUT2D eigenvalue weighted by atomic mass is 9.78. The average Bonchev–Trinajstić information content (AvgIpc) is 3.08. The van der Waals surface area contributed by atoms with Crippen LogP contribution in [-0.4, -0.2) is 63.7 Å². The van der Waals surface area contributed by atoms with Crippen molar-refractivity contribution in [2.45, 2.75) is 18.3 Å². The third kappa shape index (κ3) is 5.02. The van der Waals surface area contributed by atoms with Gasteiger partial charge in [0.1, 0.15) is 0 Å². The van der Waals surface area contributed by atoms with Crippen molar-refractivity contribution in [1.82, 2.24) is 15.5 Å². The Morgan fingerprint density at radius 3 is 2.57 bits per heavy atom. The van der Waals surface area contributed by atoms with Gasteiger partial charge < -0.3 is 20.3 Å². The van der Waals surface area contributed by atoms with E-state index >= 15 is 0 Å². The molecular formula is C16H25N3O3S. The van der Waals surface area contributed by atoms with Gasteiger partial charge in [0.05, 0.1) is 0 Å². The summed E-state index contributed by atoms with van der Waals surface area (Å²) in [6.07, 6.45) is 1.71. The van der Waals surface area contributed by atoms with E-state index in [0.717, 1.165) is 12.8 Å². The van der Waals surface area contributed by atoms with E-state index in [1.807, 2.05) is 30.4 Å². The quantitative estimate of drug-likeness (QED) is 0.744. The van der Waals surface area contributed by atoms with Crippen LogP contribution in [0.3, 0.4) is 0 Å². The first-order chi connectivity index (χ1) is 11.0. The number of nitrogens with zero attached hydrogens (tertiary/aromatic N) is 1. The summed E-state index contributed by atoms with van der Waals surface area (Å²) in [5.74, 6) is -1.13. The number of amides is 2. The summed E-state index contributed by atoms with van der Waals surface area (Å²) in [7, 11) is 3.84. The Labute approximate surface area is 141 Å². The standard InChI is InChI=1S/C16H25N3O3S/c1-19(2)8-7-17-14(20)15(21)18-12-16(5-9-22-10-6-16)13-4-3-11-23-13/h3-4,11H,5-10,12H2,1-2H3,(H,17,20)(H,18,21). The van der Waals surface area contributed by atoms with Crippen molar-refractivity contribution in [3.8, 4) is 0 Å². The van der Waals surface area contributed by atoms with E-state index < -0.39 is 11.8 Å². The summed E-state index contributed by atoms with van der Waals surface area (Å²) < 4.78 is 5.46. The largest absolute Gasteiger partial charge is 0.381 e. The van der Waals surface area contributed by atoms with Crippen LogP contribution in [0.15, 0.2) is 17.5 Å². The highest BCUT2D eigenvalue weighted by molar-refractivity contribution is 7.10. The number of rotatable bonds is 6. The molecule has 1 aliphatic heterocycles. The zero-order valence-electron chi connectivity index (χ0n) is 13.8. The molecule has 2 heterocycles. The summed E-state index contributed by atoms with van der Waals surface area (Å²) in [4.78, 5) is 27.0. The van der Waals surface area contributed by atoms with Gasteiger partial charge in [0.15, 0.2) is 0 Å². The van der Waals surface area contributed by atoms with Gasteiger partial charge in [0.25, 0.3) is 0 Å². The monoisotopic (exact) mass is 339 g/mol. The fourth-order valence-corrected chi connectivity index (χ4v) is 3.64. The molecule has 128 valence electrons. The van der Waals surface area contributed by atoms with Gasteiger partial charge in [-0.15, -0.1) is 11.3 Å². The van der Waals surface area contributed by atoms with Crippen LogP contribution < -0.4 is 10.6 Å². The SMILES string of the molecule is CN(C)CCNC(=O)C(=O)NCC1(c2cccs2)CCOCC1. The molecule has 1 aliphatic rings. The molecule has 2 rings (SSSR count). The lowest BCUT2D eigenvalue weighted by molar-refractivity contribution is -0.139. The molecule has 7 heteroatoms. The van der Waals surface area contributed by atoms with Crippen LogP contribution in [0.5, 0.6) is 0 Å². The third-order valence-corrected chi connectivity index (χ3v) is 5.25. The minimum atomic E-state index is -0.569. The Kier molecular flexibility index (Phi) is 6.56. The molecule has 0 aromatic carbocycles. The molecule has 23 heavy (non-hydrogen) atoms. The van der Waals surface area contributed by atoms with Crippen molar-refractivity contribution >= 4 is 23.2 Å². The first-order valence-corrected chi connectivity index (χ1v) is 8.74. The van der Waals surface area contributed by atoms with Crippen LogP contribution >= 0.6 is 11.3 Å². The van der Waals surface area contributed by atoms with E-state index in [4.69, 9.17) is 4.74 Å². The van der Waals surface area contributed by atoms with E-state index in [-0.39, 0.29) is 5.41 Å². The molecule has 1 fully saturated rings. The Bertz CT molecular complexity index is 511. The van der Waals surface area contributed by atoms with Gasteiger partial charge in [-0.2, -0.15) is 0 Å². The molecule has 0 radical (unpaired) electrons. The van der Waals surface area contributed by atoms with E-state index in [1.165, 1.54) is 4.88 Å². The molecule has 0 saturated carbocycles. The summed E-state index contributed by atoms with van der Waals surface area (Å²) in [5.41, 5.74) is -0.119. The second-order valence-electron chi connectivity index (χ2n) is 6.11. The number of carbonyl (C=O) groups excluding carboxylic acids is 2. The number of thiophene rings is 1. The van der Waals surface area contributed by atoms with Crippen molar-refractivity contribution in [3.63, 3.8) is 0 Å². The molecule has 1 saturated heterocycles. The predicted molar refractivity (Wildman–Crippen MR) is 90.6 cm³/mol. The van der Waals surface area contributed by atoms with Crippen LogP contribution in [0.2, 0.25) is 0 Å². The zero-order valence-corrected chi connectivity index (χ0v) is 14.6. The smallest absolute Gasteiger partial charge is 0.309 e. The Hall–Kier alpha value is -1.44. The van der Waals surface area contributed by atoms with E-state index in [0.29, 0.717) is 32.8 Å². The molecule has 0 spiro atoms. The van der Waals surface area contributed by atoms with Crippen LogP contribution in [0.25, 0.3) is 0 Å². The molecule has 0 bridgehead atoms. The number of hydrogen-bond acceptors (Lipinski definition) is 5. The minimum Gasteiger partial charge on any atom is -0.381 e. The van der Waals surface area contributed by atoms with Crippen molar-refractivity contribution in [1.29, 1.82) is 0 Å². The summed E-state index contributed by atoms with van der Waals surface area (Å²) >= 11 is 1.69. The maximum absolute atomic E-state index is 12.0. The highest BCUT2D eigenvalue weighted by atomic mass is 32.1. The van der Waals surface area contributed by atoms with Gasteiger partial charge in [0, 0.05) is 43.1 Å². The van der Waals surface area contributed by atoms with Crippen LogP contribution in [0.1, 0.15) is 17.7 Å². The van der Waals surface area contributed by atoms with Crippen molar-refractivity contribution in [2.24, 2.45) is 0 Å². The van der Waals surface area contributed by atoms with E-state index in [1.54, 1.807) is 11.3 Å².